The topological polar surface area (TPSA) is 20.3 Å². The summed E-state index contributed by atoms with van der Waals surface area (Å²) in [6, 6.07) is 12.5. The fourth-order valence-corrected chi connectivity index (χ4v) is 3.78. The molecule has 1 aliphatic rings. The molecule has 0 N–H and O–H groups in total. The summed E-state index contributed by atoms with van der Waals surface area (Å²) in [7, 11) is 0. The molecule has 0 bridgehead atoms. The van der Waals surface area contributed by atoms with Gasteiger partial charge in [-0.25, -0.2) is 0 Å². The minimum atomic E-state index is -0.194. The largest absolute Gasteiger partial charge is 0.310 e. The number of aldehydes is 1. The molecule has 2 nitrogen and oxygen atoms in total. The molecular weight excluding hydrogens is 330 g/mol. The van der Waals surface area contributed by atoms with Crippen LogP contribution in [0.1, 0.15) is 61.7 Å². The summed E-state index contributed by atoms with van der Waals surface area (Å²) in [5.74, 6) is 0. The number of anilines is 2. The van der Waals surface area contributed by atoms with Gasteiger partial charge in [0.05, 0.1) is 5.69 Å². The lowest BCUT2D eigenvalue weighted by atomic mass is 9.71. The fourth-order valence-electron chi connectivity index (χ4n) is 3.78. The molecule has 2 aromatic carbocycles. The monoisotopic (exact) mass is 359 g/mol. The number of allylic oxidation sites excluding steroid dienone is 1. The summed E-state index contributed by atoms with van der Waals surface area (Å²) < 4.78 is 0. The Labute approximate surface area is 163 Å². The SMILES string of the molecule is C=C1C(=C)C(C)(C)c2cc(C(C)(C)C)ccc2N1c1ccc(C=O)cc1C. The first-order valence-electron chi connectivity index (χ1n) is 9.38. The van der Waals surface area contributed by atoms with Gasteiger partial charge in [-0.1, -0.05) is 59.9 Å². The fraction of sp³-hybridized carbons (Fsp3) is 0.320. The van der Waals surface area contributed by atoms with Crippen LogP contribution in [0.3, 0.4) is 0 Å². The summed E-state index contributed by atoms with van der Waals surface area (Å²) in [6.07, 6.45) is 0.882. The van der Waals surface area contributed by atoms with E-state index in [2.05, 4.69) is 70.9 Å². The van der Waals surface area contributed by atoms with Gasteiger partial charge in [0.25, 0.3) is 0 Å². The molecule has 1 heterocycles. The van der Waals surface area contributed by atoms with Gasteiger partial charge < -0.3 is 4.90 Å². The molecule has 1 aliphatic heterocycles. The Bertz CT molecular complexity index is 957. The third kappa shape index (κ3) is 3.03. The number of hydrogen-bond acceptors (Lipinski definition) is 2. The maximum Gasteiger partial charge on any atom is 0.150 e. The maximum absolute atomic E-state index is 11.1. The molecule has 140 valence electrons. The van der Waals surface area contributed by atoms with E-state index in [0.29, 0.717) is 5.56 Å². The minimum absolute atomic E-state index is 0.0766. The van der Waals surface area contributed by atoms with Crippen molar-refractivity contribution in [3.8, 4) is 0 Å². The van der Waals surface area contributed by atoms with Gasteiger partial charge in [0.2, 0.25) is 0 Å². The van der Waals surface area contributed by atoms with Crippen LogP contribution in [0.5, 0.6) is 0 Å². The highest BCUT2D eigenvalue weighted by Crippen LogP contribution is 2.50. The van der Waals surface area contributed by atoms with Gasteiger partial charge in [0, 0.05) is 22.4 Å². The zero-order valence-corrected chi connectivity index (χ0v) is 17.3. The van der Waals surface area contributed by atoms with Crippen LogP contribution in [0, 0.1) is 6.92 Å². The standard InChI is InChI=1S/C25H29NO/c1-16-13-19(15-27)9-11-22(16)26-18(3)17(2)25(7,8)21-14-20(24(4,5)6)10-12-23(21)26/h9-15H,2-3H2,1,4-8H3. The first kappa shape index (κ1) is 19.2. The van der Waals surface area contributed by atoms with Crippen LogP contribution in [-0.4, -0.2) is 6.29 Å². The Balaban J connectivity index is 2.28. The molecule has 27 heavy (non-hydrogen) atoms. The summed E-state index contributed by atoms with van der Waals surface area (Å²) >= 11 is 0. The van der Waals surface area contributed by atoms with Gasteiger partial charge >= 0.3 is 0 Å². The molecule has 0 spiro atoms. The van der Waals surface area contributed by atoms with E-state index in [1.807, 2.05) is 25.1 Å². The lowest BCUT2D eigenvalue weighted by molar-refractivity contribution is 0.112. The number of carbonyl (C=O) groups excluding carboxylic acids is 1. The Morgan fingerprint density at radius 3 is 2.19 bits per heavy atom. The van der Waals surface area contributed by atoms with Crippen LogP contribution in [0.25, 0.3) is 0 Å². The van der Waals surface area contributed by atoms with E-state index >= 15 is 0 Å². The summed E-state index contributed by atoms with van der Waals surface area (Å²) in [4.78, 5) is 13.3. The summed E-state index contributed by atoms with van der Waals surface area (Å²) in [5.41, 5.74) is 8.25. The molecule has 2 aromatic rings. The molecule has 0 unspecified atom stereocenters. The van der Waals surface area contributed by atoms with Crippen molar-refractivity contribution in [1.82, 2.24) is 0 Å². The lowest BCUT2D eigenvalue weighted by Crippen LogP contribution is -2.35. The number of benzene rings is 2. The molecule has 0 aromatic heterocycles. The van der Waals surface area contributed by atoms with E-state index in [-0.39, 0.29) is 10.8 Å². The molecule has 0 aliphatic carbocycles. The van der Waals surface area contributed by atoms with Crippen LogP contribution in [0.4, 0.5) is 11.4 Å². The van der Waals surface area contributed by atoms with Crippen molar-refractivity contribution in [2.24, 2.45) is 0 Å². The number of fused-ring (bicyclic) bond motifs is 1. The van der Waals surface area contributed by atoms with Gasteiger partial charge in [0.15, 0.2) is 0 Å². The van der Waals surface area contributed by atoms with E-state index < -0.39 is 0 Å². The van der Waals surface area contributed by atoms with Crippen LogP contribution >= 0.6 is 0 Å². The van der Waals surface area contributed by atoms with Crippen molar-refractivity contribution >= 4 is 17.7 Å². The van der Waals surface area contributed by atoms with Crippen LogP contribution in [0.2, 0.25) is 0 Å². The number of hydrogen-bond donors (Lipinski definition) is 0. The quantitative estimate of drug-likeness (QED) is 0.563. The second kappa shape index (κ2) is 6.23. The number of aryl methyl sites for hydroxylation is 1. The van der Waals surface area contributed by atoms with Crippen molar-refractivity contribution in [3.05, 3.63) is 83.1 Å². The van der Waals surface area contributed by atoms with E-state index in [4.69, 9.17) is 0 Å². The van der Waals surface area contributed by atoms with Gasteiger partial charge in [0.1, 0.15) is 6.29 Å². The van der Waals surface area contributed by atoms with Crippen molar-refractivity contribution < 1.29 is 4.79 Å². The highest BCUT2D eigenvalue weighted by molar-refractivity contribution is 5.83. The third-order valence-electron chi connectivity index (χ3n) is 5.75. The Hall–Kier alpha value is -2.61. The summed E-state index contributed by atoms with van der Waals surface area (Å²) in [5, 5.41) is 0. The van der Waals surface area contributed by atoms with Crippen molar-refractivity contribution in [2.75, 3.05) is 4.90 Å². The number of nitrogens with zero attached hydrogens (tertiary/aromatic N) is 1. The van der Waals surface area contributed by atoms with Crippen molar-refractivity contribution in [1.29, 1.82) is 0 Å². The van der Waals surface area contributed by atoms with Crippen LogP contribution in [0.15, 0.2) is 60.8 Å². The first-order chi connectivity index (χ1) is 12.5. The van der Waals surface area contributed by atoms with Crippen LogP contribution < -0.4 is 4.90 Å². The highest BCUT2D eigenvalue weighted by atomic mass is 16.1. The molecule has 2 heteroatoms. The predicted molar refractivity (Wildman–Crippen MR) is 115 cm³/mol. The Morgan fingerprint density at radius 1 is 1.00 bits per heavy atom. The molecule has 0 radical (unpaired) electrons. The number of carbonyl (C=O) groups is 1. The molecule has 0 fully saturated rings. The van der Waals surface area contributed by atoms with E-state index in [0.717, 1.165) is 34.5 Å². The second-order valence-electron chi connectivity index (χ2n) is 9.03. The first-order valence-corrected chi connectivity index (χ1v) is 9.38. The normalized spacial score (nSPS) is 16.3. The average molecular weight is 360 g/mol. The van der Waals surface area contributed by atoms with Crippen LogP contribution in [-0.2, 0) is 10.8 Å². The third-order valence-corrected chi connectivity index (χ3v) is 5.75. The molecule has 3 rings (SSSR count). The highest BCUT2D eigenvalue weighted by Gasteiger charge is 2.38. The predicted octanol–water partition coefficient (Wildman–Crippen LogP) is 6.60. The van der Waals surface area contributed by atoms with Gasteiger partial charge in [-0.3, -0.25) is 4.79 Å². The van der Waals surface area contributed by atoms with E-state index in [9.17, 15) is 4.79 Å². The zero-order chi connectivity index (χ0) is 20.1. The Kier molecular flexibility index (Phi) is 4.42. The molecular formula is C25H29NO. The van der Waals surface area contributed by atoms with E-state index in [1.54, 1.807) is 0 Å². The van der Waals surface area contributed by atoms with E-state index in [1.165, 1.54) is 11.1 Å². The maximum atomic E-state index is 11.1. The Morgan fingerprint density at radius 2 is 1.63 bits per heavy atom. The smallest absolute Gasteiger partial charge is 0.150 e. The van der Waals surface area contributed by atoms with Crippen molar-refractivity contribution in [2.45, 2.75) is 52.4 Å². The average Bonchev–Trinajstić information content (AvgIpc) is 2.60. The zero-order valence-electron chi connectivity index (χ0n) is 17.3. The number of rotatable bonds is 2. The minimum Gasteiger partial charge on any atom is -0.310 e. The molecule has 0 saturated carbocycles. The molecule has 0 amide bonds. The van der Waals surface area contributed by atoms with Gasteiger partial charge in [-0.2, -0.15) is 0 Å². The van der Waals surface area contributed by atoms with Gasteiger partial charge in [-0.15, -0.1) is 0 Å². The van der Waals surface area contributed by atoms with Crippen molar-refractivity contribution in [3.63, 3.8) is 0 Å². The molecule has 0 saturated heterocycles. The molecule has 0 atom stereocenters. The van der Waals surface area contributed by atoms with Gasteiger partial charge in [-0.05, 0) is 58.9 Å². The second-order valence-corrected chi connectivity index (χ2v) is 9.03. The lowest BCUT2D eigenvalue weighted by Gasteiger charge is -2.44. The summed E-state index contributed by atoms with van der Waals surface area (Å²) in [6.45, 7) is 21.9.